The molecule has 0 saturated heterocycles. The fraction of sp³-hybridized carbons (Fsp3) is 0.250. The Morgan fingerprint density at radius 1 is 1.30 bits per heavy atom. The Labute approximate surface area is 122 Å². The van der Waals surface area contributed by atoms with E-state index in [1.807, 2.05) is 0 Å². The van der Waals surface area contributed by atoms with E-state index in [0.29, 0.717) is 10.4 Å². The van der Waals surface area contributed by atoms with Crippen LogP contribution in [-0.2, 0) is 20.6 Å². The van der Waals surface area contributed by atoms with Gasteiger partial charge in [-0.25, -0.2) is 4.79 Å². The summed E-state index contributed by atoms with van der Waals surface area (Å²) in [5, 5.41) is 2.58. The Bertz CT molecular complexity index is 772. The van der Waals surface area contributed by atoms with E-state index >= 15 is 0 Å². The minimum absolute atomic E-state index is 0.0545. The summed E-state index contributed by atoms with van der Waals surface area (Å²) in [6.45, 7) is 0.0545. The van der Waals surface area contributed by atoms with E-state index in [1.165, 1.54) is 30.8 Å². The second-order valence-electron chi connectivity index (χ2n) is 4.16. The number of hydrogen-bond acceptors (Lipinski definition) is 4. The number of amides is 1. The van der Waals surface area contributed by atoms with E-state index in [4.69, 9.17) is 4.42 Å². The number of halogens is 1. The van der Waals surface area contributed by atoms with E-state index in [0.717, 1.165) is 4.57 Å². The molecule has 1 amide bonds. The maximum Gasteiger partial charge on any atom is 0.330 e. The summed E-state index contributed by atoms with van der Waals surface area (Å²) < 4.78 is 7.85. The molecule has 8 heteroatoms. The molecule has 0 unspecified atom stereocenters. The molecule has 106 valence electrons. The average Bonchev–Trinajstić information content (AvgIpc) is 2.85. The van der Waals surface area contributed by atoms with Crippen molar-refractivity contribution in [1.82, 2.24) is 14.5 Å². The summed E-state index contributed by atoms with van der Waals surface area (Å²) in [6, 6.07) is 4.42. The summed E-state index contributed by atoms with van der Waals surface area (Å²) >= 11 is 3.10. The topological polar surface area (TPSA) is 86.2 Å². The number of rotatable bonds is 3. The molecule has 2 aromatic heterocycles. The molecule has 2 rings (SSSR count). The van der Waals surface area contributed by atoms with Gasteiger partial charge in [-0.05, 0) is 28.1 Å². The van der Waals surface area contributed by atoms with E-state index < -0.39 is 17.2 Å². The van der Waals surface area contributed by atoms with Crippen LogP contribution in [0.2, 0.25) is 0 Å². The van der Waals surface area contributed by atoms with Crippen molar-refractivity contribution in [3.63, 3.8) is 0 Å². The predicted octanol–water partition coefficient (Wildman–Crippen LogP) is 0.369. The molecule has 1 N–H and O–H groups in total. The van der Waals surface area contributed by atoms with Gasteiger partial charge in [0, 0.05) is 25.9 Å². The Morgan fingerprint density at radius 3 is 2.60 bits per heavy atom. The first-order valence-electron chi connectivity index (χ1n) is 5.69. The summed E-state index contributed by atoms with van der Waals surface area (Å²) in [5.41, 5.74) is -0.447. The van der Waals surface area contributed by atoms with Gasteiger partial charge in [-0.15, -0.1) is 0 Å². The summed E-state index contributed by atoms with van der Waals surface area (Å²) in [6.07, 6.45) is 0. The van der Waals surface area contributed by atoms with Crippen LogP contribution in [0.4, 0.5) is 0 Å². The molecule has 0 spiro atoms. The second-order valence-corrected chi connectivity index (χ2v) is 4.94. The first kappa shape index (κ1) is 14.3. The highest BCUT2D eigenvalue weighted by atomic mass is 79.9. The molecule has 0 saturated carbocycles. The maximum atomic E-state index is 11.8. The van der Waals surface area contributed by atoms with Crippen LogP contribution in [0.5, 0.6) is 0 Å². The van der Waals surface area contributed by atoms with Gasteiger partial charge >= 0.3 is 5.69 Å². The molecule has 0 fully saturated rings. The predicted molar refractivity (Wildman–Crippen MR) is 74.5 cm³/mol. The van der Waals surface area contributed by atoms with Crippen LogP contribution < -0.4 is 16.6 Å². The number of nitrogens with zero attached hydrogens (tertiary/aromatic N) is 2. The van der Waals surface area contributed by atoms with Gasteiger partial charge in [0.05, 0.1) is 6.54 Å². The van der Waals surface area contributed by atoms with Crippen molar-refractivity contribution in [3.05, 3.63) is 55.2 Å². The molecule has 20 heavy (non-hydrogen) atoms. The molecule has 0 aliphatic carbocycles. The molecular formula is C12H12BrN3O4. The average molecular weight is 342 g/mol. The standard InChI is InChI=1S/C12H12BrN3O4/c1-15-7(5-10(17)16(2)12(15)19)6-14-11(18)8-3-4-9(13)20-8/h3-5H,6H2,1-2H3,(H,14,18). The number of furan rings is 1. The molecule has 2 heterocycles. The third-order valence-corrected chi connectivity index (χ3v) is 3.28. The zero-order valence-corrected chi connectivity index (χ0v) is 12.4. The Kier molecular flexibility index (Phi) is 3.93. The van der Waals surface area contributed by atoms with Crippen LogP contribution >= 0.6 is 15.9 Å². The second kappa shape index (κ2) is 5.49. The monoisotopic (exact) mass is 341 g/mol. The van der Waals surface area contributed by atoms with Gasteiger partial charge in [0.15, 0.2) is 10.4 Å². The first-order valence-corrected chi connectivity index (χ1v) is 6.49. The van der Waals surface area contributed by atoms with E-state index in [2.05, 4.69) is 21.2 Å². The molecule has 0 aliphatic heterocycles. The lowest BCUT2D eigenvalue weighted by Gasteiger charge is -2.09. The Balaban J connectivity index is 2.18. The van der Waals surface area contributed by atoms with Crippen molar-refractivity contribution in [1.29, 1.82) is 0 Å². The van der Waals surface area contributed by atoms with Gasteiger partial charge in [0.1, 0.15) is 0 Å². The third-order valence-electron chi connectivity index (χ3n) is 2.85. The maximum absolute atomic E-state index is 11.8. The summed E-state index contributed by atoms with van der Waals surface area (Å²) in [7, 11) is 2.93. The summed E-state index contributed by atoms with van der Waals surface area (Å²) in [5.74, 6) is -0.283. The molecule has 0 aliphatic rings. The molecule has 0 radical (unpaired) electrons. The van der Waals surface area contributed by atoms with E-state index in [9.17, 15) is 14.4 Å². The van der Waals surface area contributed by atoms with Crippen LogP contribution in [-0.4, -0.2) is 15.0 Å². The molecule has 0 bridgehead atoms. The van der Waals surface area contributed by atoms with Gasteiger partial charge in [-0.3, -0.25) is 18.7 Å². The SMILES string of the molecule is Cn1c(CNC(=O)c2ccc(Br)o2)cc(=O)n(C)c1=O. The third kappa shape index (κ3) is 2.74. The number of carbonyl (C=O) groups excluding carboxylic acids is 1. The largest absolute Gasteiger partial charge is 0.444 e. The minimum Gasteiger partial charge on any atom is -0.444 e. The van der Waals surface area contributed by atoms with Crippen molar-refractivity contribution in [2.45, 2.75) is 6.54 Å². The minimum atomic E-state index is -0.442. The normalized spacial score (nSPS) is 10.6. The van der Waals surface area contributed by atoms with Crippen molar-refractivity contribution < 1.29 is 9.21 Å². The Hall–Kier alpha value is -2.09. The van der Waals surface area contributed by atoms with Crippen molar-refractivity contribution in [2.75, 3.05) is 0 Å². The molecule has 0 aromatic carbocycles. The highest BCUT2D eigenvalue weighted by molar-refractivity contribution is 9.10. The fourth-order valence-electron chi connectivity index (χ4n) is 1.64. The fourth-order valence-corrected chi connectivity index (χ4v) is 1.95. The van der Waals surface area contributed by atoms with E-state index in [-0.39, 0.29) is 12.3 Å². The quantitative estimate of drug-likeness (QED) is 0.873. The number of carbonyl (C=O) groups is 1. The van der Waals surface area contributed by atoms with Gasteiger partial charge in [-0.2, -0.15) is 0 Å². The van der Waals surface area contributed by atoms with Crippen LogP contribution in [0.1, 0.15) is 16.2 Å². The lowest BCUT2D eigenvalue weighted by molar-refractivity contribution is 0.0921. The smallest absolute Gasteiger partial charge is 0.330 e. The van der Waals surface area contributed by atoms with Crippen LogP contribution in [0.3, 0.4) is 0 Å². The van der Waals surface area contributed by atoms with Gasteiger partial charge in [0.25, 0.3) is 11.5 Å². The highest BCUT2D eigenvalue weighted by Crippen LogP contribution is 2.13. The molecule has 2 aromatic rings. The van der Waals surface area contributed by atoms with Crippen LogP contribution in [0.25, 0.3) is 0 Å². The zero-order chi connectivity index (χ0) is 14.9. The lowest BCUT2D eigenvalue weighted by Crippen LogP contribution is -2.39. The van der Waals surface area contributed by atoms with Gasteiger partial charge < -0.3 is 9.73 Å². The highest BCUT2D eigenvalue weighted by Gasteiger charge is 2.12. The van der Waals surface area contributed by atoms with Crippen molar-refractivity contribution in [2.24, 2.45) is 14.1 Å². The lowest BCUT2D eigenvalue weighted by atomic mass is 10.3. The van der Waals surface area contributed by atoms with Gasteiger partial charge in [-0.1, -0.05) is 0 Å². The molecule has 0 atom stereocenters. The number of nitrogens with one attached hydrogen (secondary N) is 1. The van der Waals surface area contributed by atoms with Crippen LogP contribution in [0, 0.1) is 0 Å². The molecular weight excluding hydrogens is 330 g/mol. The van der Waals surface area contributed by atoms with Crippen molar-refractivity contribution in [3.8, 4) is 0 Å². The van der Waals surface area contributed by atoms with Crippen molar-refractivity contribution >= 4 is 21.8 Å². The van der Waals surface area contributed by atoms with E-state index in [1.54, 1.807) is 6.07 Å². The molecule has 7 nitrogen and oxygen atoms in total. The van der Waals surface area contributed by atoms with Crippen LogP contribution in [0.15, 0.2) is 36.9 Å². The number of hydrogen-bond donors (Lipinski definition) is 1. The zero-order valence-electron chi connectivity index (χ0n) is 10.8. The number of aromatic nitrogens is 2. The first-order chi connectivity index (χ1) is 9.40. The van der Waals surface area contributed by atoms with Gasteiger partial charge in [0.2, 0.25) is 0 Å². The Morgan fingerprint density at radius 2 is 2.00 bits per heavy atom. The summed E-state index contributed by atoms with van der Waals surface area (Å²) in [4.78, 5) is 35.0.